The molecular formula is C19H21N3O4. The van der Waals surface area contributed by atoms with Crippen LogP contribution in [0.1, 0.15) is 40.9 Å². The lowest BCUT2D eigenvalue weighted by atomic mass is 9.90. The van der Waals surface area contributed by atoms with Gasteiger partial charge >= 0.3 is 5.97 Å². The second kappa shape index (κ2) is 6.48. The molecule has 4 rings (SSSR count). The average molecular weight is 355 g/mol. The smallest absolute Gasteiger partial charge is 0.348 e. The normalized spacial score (nSPS) is 18.4. The van der Waals surface area contributed by atoms with Crippen LogP contribution in [0.25, 0.3) is 0 Å². The van der Waals surface area contributed by atoms with Gasteiger partial charge in [-0.15, -0.1) is 0 Å². The number of carbonyl (C=O) groups is 2. The molecule has 0 atom stereocenters. The summed E-state index contributed by atoms with van der Waals surface area (Å²) in [5.74, 6) is -0.549. The molecule has 7 nitrogen and oxygen atoms in total. The number of carboxylic acid groups (broad SMARTS) is 1. The number of nitrogens with zero attached hydrogens (tertiary/aromatic N) is 2. The molecule has 1 aromatic carbocycles. The Morgan fingerprint density at radius 1 is 1.15 bits per heavy atom. The summed E-state index contributed by atoms with van der Waals surface area (Å²) in [5.41, 5.74) is 1.68. The van der Waals surface area contributed by atoms with Crippen molar-refractivity contribution in [3.8, 4) is 5.75 Å². The minimum atomic E-state index is -1.29. The largest absolute Gasteiger partial charge is 0.478 e. The fraction of sp³-hybridized carbons (Fsp3) is 0.421. The summed E-state index contributed by atoms with van der Waals surface area (Å²) in [6, 6.07) is 7.47. The maximum absolute atomic E-state index is 12.4. The molecule has 136 valence electrons. The first-order valence-electron chi connectivity index (χ1n) is 8.90. The zero-order valence-electron chi connectivity index (χ0n) is 14.4. The van der Waals surface area contributed by atoms with Crippen molar-refractivity contribution in [2.75, 3.05) is 13.1 Å². The van der Waals surface area contributed by atoms with E-state index in [2.05, 4.69) is 10.2 Å². The van der Waals surface area contributed by atoms with Crippen LogP contribution in [0.3, 0.4) is 0 Å². The maximum atomic E-state index is 12.4. The summed E-state index contributed by atoms with van der Waals surface area (Å²) in [6.07, 6.45) is 5.24. The molecule has 26 heavy (non-hydrogen) atoms. The van der Waals surface area contributed by atoms with Crippen LogP contribution in [0.4, 0.5) is 0 Å². The Morgan fingerprint density at radius 2 is 1.92 bits per heavy atom. The maximum Gasteiger partial charge on any atom is 0.348 e. The third-order valence-electron chi connectivity index (χ3n) is 5.36. The van der Waals surface area contributed by atoms with E-state index in [1.807, 2.05) is 18.2 Å². The lowest BCUT2D eigenvalue weighted by molar-refractivity contribution is -0.159. The molecule has 1 aliphatic heterocycles. The van der Waals surface area contributed by atoms with Gasteiger partial charge in [-0.25, -0.2) is 4.79 Å². The molecule has 7 heteroatoms. The average Bonchev–Trinajstić information content (AvgIpc) is 3.33. The topological polar surface area (TPSA) is 95.5 Å². The van der Waals surface area contributed by atoms with Crippen LogP contribution in [-0.2, 0) is 17.6 Å². The summed E-state index contributed by atoms with van der Waals surface area (Å²) < 4.78 is 5.99. The van der Waals surface area contributed by atoms with E-state index < -0.39 is 11.6 Å². The molecule has 1 saturated heterocycles. The van der Waals surface area contributed by atoms with Crippen LogP contribution in [-0.4, -0.2) is 50.8 Å². The molecule has 2 aliphatic rings. The molecule has 1 aromatic heterocycles. The monoisotopic (exact) mass is 355 g/mol. The van der Waals surface area contributed by atoms with Crippen molar-refractivity contribution in [2.24, 2.45) is 0 Å². The van der Waals surface area contributed by atoms with E-state index >= 15 is 0 Å². The third kappa shape index (κ3) is 2.94. The van der Waals surface area contributed by atoms with Gasteiger partial charge in [-0.2, -0.15) is 5.10 Å². The molecule has 1 fully saturated rings. The number of carboxylic acids is 1. The quantitative estimate of drug-likeness (QED) is 0.875. The number of rotatable bonds is 4. The van der Waals surface area contributed by atoms with Crippen LogP contribution in [0.2, 0.25) is 0 Å². The minimum Gasteiger partial charge on any atom is -0.478 e. The SMILES string of the molecule is O=C(c1ccn[nH]1)N1CCC(Oc2ccc3c(c2)CCC3)(C(=O)O)CC1. The van der Waals surface area contributed by atoms with Crippen LogP contribution in [0.15, 0.2) is 30.5 Å². The van der Waals surface area contributed by atoms with Crippen LogP contribution in [0.5, 0.6) is 5.75 Å². The first kappa shape index (κ1) is 16.6. The number of carbonyl (C=O) groups excluding carboxylic acids is 1. The predicted octanol–water partition coefficient (Wildman–Crippen LogP) is 2.04. The fourth-order valence-electron chi connectivity index (χ4n) is 3.81. The Balaban J connectivity index is 1.48. The molecule has 1 amide bonds. The van der Waals surface area contributed by atoms with E-state index in [-0.39, 0.29) is 18.7 Å². The van der Waals surface area contributed by atoms with Crippen LogP contribution < -0.4 is 4.74 Å². The number of aromatic nitrogens is 2. The first-order chi connectivity index (χ1) is 12.6. The number of H-pyrrole nitrogens is 1. The number of benzene rings is 1. The third-order valence-corrected chi connectivity index (χ3v) is 5.36. The van der Waals surface area contributed by atoms with Crippen molar-refractivity contribution >= 4 is 11.9 Å². The van der Waals surface area contributed by atoms with Crippen molar-refractivity contribution in [3.63, 3.8) is 0 Å². The van der Waals surface area contributed by atoms with Crippen molar-refractivity contribution in [1.82, 2.24) is 15.1 Å². The van der Waals surface area contributed by atoms with Gasteiger partial charge in [-0.3, -0.25) is 9.89 Å². The lowest BCUT2D eigenvalue weighted by Crippen LogP contribution is -2.54. The second-order valence-electron chi connectivity index (χ2n) is 6.95. The van der Waals surface area contributed by atoms with Crippen LogP contribution in [0, 0.1) is 0 Å². The van der Waals surface area contributed by atoms with Gasteiger partial charge in [0, 0.05) is 32.1 Å². The van der Waals surface area contributed by atoms with Crippen molar-refractivity contribution in [3.05, 3.63) is 47.3 Å². The number of hydrogen-bond acceptors (Lipinski definition) is 4. The highest BCUT2D eigenvalue weighted by molar-refractivity contribution is 5.92. The van der Waals surface area contributed by atoms with Gasteiger partial charge in [0.25, 0.3) is 5.91 Å². The molecular weight excluding hydrogens is 334 g/mol. The van der Waals surface area contributed by atoms with Gasteiger partial charge in [0.1, 0.15) is 11.4 Å². The molecule has 0 spiro atoms. The predicted molar refractivity (Wildman–Crippen MR) is 93.2 cm³/mol. The van der Waals surface area contributed by atoms with Gasteiger partial charge in [0.2, 0.25) is 5.60 Å². The molecule has 0 radical (unpaired) electrons. The Labute approximate surface area is 151 Å². The van der Waals surface area contributed by atoms with E-state index in [0.29, 0.717) is 24.5 Å². The van der Waals surface area contributed by atoms with E-state index in [1.165, 1.54) is 17.3 Å². The standard InChI is InChI=1S/C19H21N3O4/c23-17(16-6-9-20-21-16)22-10-7-19(8-11-22,18(24)25)26-15-5-4-13-2-1-3-14(13)12-15/h4-6,9,12H,1-3,7-8,10-11H2,(H,20,21)(H,24,25). The fourth-order valence-corrected chi connectivity index (χ4v) is 3.81. The highest BCUT2D eigenvalue weighted by atomic mass is 16.5. The van der Waals surface area contributed by atoms with E-state index in [4.69, 9.17) is 4.74 Å². The molecule has 0 bridgehead atoms. The highest BCUT2D eigenvalue weighted by Crippen LogP contribution is 2.32. The molecule has 2 aromatic rings. The Morgan fingerprint density at radius 3 is 2.62 bits per heavy atom. The van der Waals surface area contributed by atoms with Crippen molar-refractivity contribution in [1.29, 1.82) is 0 Å². The number of ether oxygens (including phenoxy) is 1. The number of likely N-dealkylation sites (tertiary alicyclic amines) is 1. The van der Waals surface area contributed by atoms with Gasteiger partial charge < -0.3 is 14.7 Å². The van der Waals surface area contributed by atoms with Gasteiger partial charge in [-0.1, -0.05) is 6.07 Å². The van der Waals surface area contributed by atoms with Crippen molar-refractivity contribution < 1.29 is 19.4 Å². The Bertz CT molecular complexity index is 823. The number of hydrogen-bond donors (Lipinski definition) is 2. The lowest BCUT2D eigenvalue weighted by Gasteiger charge is -2.38. The second-order valence-corrected chi connectivity index (χ2v) is 6.95. The van der Waals surface area contributed by atoms with Crippen molar-refractivity contribution in [2.45, 2.75) is 37.7 Å². The minimum absolute atomic E-state index is 0.168. The number of aliphatic carboxylic acids is 1. The van der Waals surface area contributed by atoms with E-state index in [9.17, 15) is 14.7 Å². The number of amides is 1. The summed E-state index contributed by atoms with van der Waals surface area (Å²) in [7, 11) is 0. The van der Waals surface area contributed by atoms with E-state index in [1.54, 1.807) is 11.0 Å². The molecule has 1 aliphatic carbocycles. The summed E-state index contributed by atoms with van der Waals surface area (Å²) in [5, 5.41) is 16.2. The van der Waals surface area contributed by atoms with Gasteiger partial charge in [0.05, 0.1) is 0 Å². The summed E-state index contributed by atoms with van der Waals surface area (Å²) in [6.45, 7) is 0.657. The summed E-state index contributed by atoms with van der Waals surface area (Å²) in [4.78, 5) is 26.0. The summed E-state index contributed by atoms with van der Waals surface area (Å²) >= 11 is 0. The van der Waals surface area contributed by atoms with E-state index in [0.717, 1.165) is 19.3 Å². The molecule has 0 saturated carbocycles. The number of fused-ring (bicyclic) bond motifs is 1. The molecule has 2 N–H and O–H groups in total. The Hall–Kier alpha value is -2.83. The number of nitrogens with one attached hydrogen (secondary N) is 1. The zero-order chi connectivity index (χ0) is 18.1. The highest BCUT2D eigenvalue weighted by Gasteiger charge is 2.45. The number of piperidine rings is 1. The molecule has 2 heterocycles. The first-order valence-corrected chi connectivity index (χ1v) is 8.90. The zero-order valence-corrected chi connectivity index (χ0v) is 14.4. The van der Waals surface area contributed by atoms with Gasteiger partial charge in [-0.05, 0) is 48.6 Å². The Kier molecular flexibility index (Phi) is 4.14. The molecule has 0 unspecified atom stereocenters. The number of aryl methyl sites for hydroxylation is 2. The van der Waals surface area contributed by atoms with Gasteiger partial charge in [0.15, 0.2) is 0 Å². The number of aromatic amines is 1. The van der Waals surface area contributed by atoms with Crippen LogP contribution >= 0.6 is 0 Å².